The lowest BCUT2D eigenvalue weighted by molar-refractivity contribution is 0.0687. The van der Waals surface area contributed by atoms with E-state index in [2.05, 4.69) is 10.3 Å². The molecule has 0 amide bonds. The highest BCUT2D eigenvalue weighted by atomic mass is 35.5. The maximum atomic E-state index is 11.3. The molecule has 1 fully saturated rings. The number of carboxylic acid groups (broad SMARTS) is 1. The second kappa shape index (κ2) is 5.07. The molecule has 0 bridgehead atoms. The second-order valence-corrected chi connectivity index (χ2v) is 5.67. The van der Waals surface area contributed by atoms with E-state index in [1.807, 2.05) is 0 Å². The molecule has 0 radical (unpaired) electrons. The van der Waals surface area contributed by atoms with Crippen LogP contribution in [0.5, 0.6) is 0 Å². The smallest absolute Gasteiger partial charge is 0.358 e. The number of carboxylic acids is 1. The number of rotatable bonds is 3. The first kappa shape index (κ1) is 13.4. The Morgan fingerprint density at radius 1 is 1.25 bits per heavy atom. The van der Waals surface area contributed by atoms with Crippen molar-refractivity contribution >= 4 is 29.2 Å². The van der Waals surface area contributed by atoms with Gasteiger partial charge in [0.05, 0.1) is 11.4 Å². The van der Waals surface area contributed by atoms with Crippen molar-refractivity contribution in [1.29, 1.82) is 0 Å². The van der Waals surface area contributed by atoms with Crippen LogP contribution in [-0.4, -0.2) is 26.1 Å². The molecule has 0 unspecified atom stereocenters. The van der Waals surface area contributed by atoms with Crippen molar-refractivity contribution in [2.45, 2.75) is 25.2 Å². The Hall–Kier alpha value is -1.59. The normalized spacial score (nSPS) is 15.1. The van der Waals surface area contributed by atoms with Crippen LogP contribution in [0.1, 0.15) is 41.4 Å². The minimum absolute atomic E-state index is 0.00537. The summed E-state index contributed by atoms with van der Waals surface area (Å²) in [6.45, 7) is 0. The highest BCUT2D eigenvalue weighted by Gasteiger charge is 2.31. The molecular weight excluding hydrogens is 301 g/mol. The molecule has 5 nitrogen and oxygen atoms in total. The molecule has 0 spiro atoms. The van der Waals surface area contributed by atoms with Gasteiger partial charge in [0, 0.05) is 16.0 Å². The number of halogens is 2. The van der Waals surface area contributed by atoms with E-state index in [9.17, 15) is 9.90 Å². The summed E-state index contributed by atoms with van der Waals surface area (Å²) in [5.41, 5.74) is 1.26. The summed E-state index contributed by atoms with van der Waals surface area (Å²) in [6, 6.07) is 5.00. The van der Waals surface area contributed by atoms with E-state index in [0.717, 1.165) is 19.3 Å². The monoisotopic (exact) mass is 311 g/mol. The Labute approximate surface area is 125 Å². The van der Waals surface area contributed by atoms with Gasteiger partial charge in [0.25, 0.3) is 0 Å². The van der Waals surface area contributed by atoms with Crippen LogP contribution < -0.4 is 0 Å². The van der Waals surface area contributed by atoms with E-state index in [1.54, 1.807) is 18.2 Å². The van der Waals surface area contributed by atoms with Gasteiger partial charge in [0.2, 0.25) is 0 Å². The number of aromatic carboxylic acids is 1. The zero-order valence-electron chi connectivity index (χ0n) is 10.4. The first-order valence-corrected chi connectivity index (χ1v) is 6.97. The molecule has 1 aromatic carbocycles. The number of aromatic nitrogens is 3. The first-order chi connectivity index (χ1) is 9.56. The summed E-state index contributed by atoms with van der Waals surface area (Å²) in [5, 5.41) is 17.9. The van der Waals surface area contributed by atoms with Crippen molar-refractivity contribution in [3.05, 3.63) is 39.6 Å². The Kier molecular flexibility index (Phi) is 3.40. The minimum atomic E-state index is -1.06. The number of benzene rings is 1. The van der Waals surface area contributed by atoms with Crippen molar-refractivity contribution in [3.63, 3.8) is 0 Å². The topological polar surface area (TPSA) is 68.0 Å². The lowest BCUT2D eigenvalue weighted by Gasteiger charge is -2.26. The number of carbonyl (C=O) groups is 1. The molecule has 1 N–H and O–H groups in total. The zero-order chi connectivity index (χ0) is 14.3. The molecule has 7 heteroatoms. The molecule has 2 aromatic rings. The third-order valence-corrected chi connectivity index (χ3v) is 3.93. The third-order valence-electron chi connectivity index (χ3n) is 3.49. The largest absolute Gasteiger partial charge is 0.476 e. The summed E-state index contributed by atoms with van der Waals surface area (Å²) in [6.07, 6.45) is 2.98. The predicted octanol–water partition coefficient (Wildman–Crippen LogP) is 3.54. The maximum absolute atomic E-state index is 11.3. The number of hydrogen-bond acceptors (Lipinski definition) is 3. The Bertz CT molecular complexity index is 660. The lowest BCUT2D eigenvalue weighted by Crippen LogP contribution is -2.17. The molecule has 104 valence electrons. The summed E-state index contributed by atoms with van der Waals surface area (Å²) in [5.74, 6) is -0.889. The molecule has 1 aromatic heterocycles. The van der Waals surface area contributed by atoms with Gasteiger partial charge in [-0.3, -0.25) is 0 Å². The van der Waals surface area contributed by atoms with Gasteiger partial charge in [-0.15, -0.1) is 5.10 Å². The fraction of sp³-hybridized carbons (Fsp3) is 0.308. The van der Waals surface area contributed by atoms with Crippen molar-refractivity contribution < 1.29 is 9.90 Å². The summed E-state index contributed by atoms with van der Waals surface area (Å²) in [4.78, 5) is 11.3. The van der Waals surface area contributed by atoms with Gasteiger partial charge in [0.15, 0.2) is 5.69 Å². The van der Waals surface area contributed by atoms with Crippen LogP contribution >= 0.6 is 23.2 Å². The van der Waals surface area contributed by atoms with Crippen molar-refractivity contribution in [3.8, 4) is 5.69 Å². The summed E-state index contributed by atoms with van der Waals surface area (Å²) < 4.78 is 1.53. The van der Waals surface area contributed by atoms with Crippen LogP contribution in [0.15, 0.2) is 18.2 Å². The molecule has 0 atom stereocenters. The second-order valence-electron chi connectivity index (χ2n) is 4.80. The van der Waals surface area contributed by atoms with Gasteiger partial charge in [-0.2, -0.15) is 0 Å². The van der Waals surface area contributed by atoms with E-state index in [-0.39, 0.29) is 11.6 Å². The zero-order valence-corrected chi connectivity index (χ0v) is 11.9. The summed E-state index contributed by atoms with van der Waals surface area (Å²) in [7, 11) is 0. The van der Waals surface area contributed by atoms with E-state index in [4.69, 9.17) is 23.2 Å². The lowest BCUT2D eigenvalue weighted by atomic mass is 9.82. The van der Waals surface area contributed by atoms with E-state index in [0.29, 0.717) is 21.4 Å². The Balaban J connectivity index is 2.15. The van der Waals surface area contributed by atoms with Gasteiger partial charge in [-0.1, -0.05) is 34.8 Å². The van der Waals surface area contributed by atoms with Gasteiger partial charge in [-0.25, -0.2) is 9.48 Å². The Morgan fingerprint density at radius 2 is 1.90 bits per heavy atom. The van der Waals surface area contributed by atoms with Gasteiger partial charge in [-0.05, 0) is 31.0 Å². The summed E-state index contributed by atoms with van der Waals surface area (Å²) >= 11 is 12.0. The quantitative estimate of drug-likeness (QED) is 0.941. The molecule has 1 saturated carbocycles. The van der Waals surface area contributed by atoms with Crippen molar-refractivity contribution in [2.75, 3.05) is 0 Å². The Morgan fingerprint density at radius 3 is 2.40 bits per heavy atom. The van der Waals surface area contributed by atoms with Crippen molar-refractivity contribution in [1.82, 2.24) is 15.0 Å². The average Bonchev–Trinajstić information content (AvgIpc) is 2.69. The fourth-order valence-electron chi connectivity index (χ4n) is 2.34. The predicted molar refractivity (Wildman–Crippen MR) is 74.9 cm³/mol. The molecule has 20 heavy (non-hydrogen) atoms. The van der Waals surface area contributed by atoms with Gasteiger partial charge in [0.1, 0.15) is 0 Å². The minimum Gasteiger partial charge on any atom is -0.476 e. The standard InChI is InChI=1S/C13H11Cl2N3O2/c14-8-4-9(15)6-10(5-8)18-12(7-2-1-3-7)11(13(19)20)16-17-18/h4-7H,1-3H2,(H,19,20). The highest BCUT2D eigenvalue weighted by Crippen LogP contribution is 2.38. The number of hydrogen-bond donors (Lipinski definition) is 1. The SMILES string of the molecule is O=C(O)c1nnn(-c2cc(Cl)cc(Cl)c2)c1C1CCC1. The maximum Gasteiger partial charge on any atom is 0.358 e. The highest BCUT2D eigenvalue weighted by molar-refractivity contribution is 6.34. The fourth-order valence-corrected chi connectivity index (χ4v) is 2.86. The van der Waals surface area contributed by atoms with Crippen LogP contribution in [0.3, 0.4) is 0 Å². The molecule has 0 aliphatic heterocycles. The third kappa shape index (κ3) is 2.27. The van der Waals surface area contributed by atoms with E-state index in [1.165, 1.54) is 4.68 Å². The molecule has 1 aliphatic carbocycles. The number of nitrogens with zero attached hydrogens (tertiary/aromatic N) is 3. The molecule has 0 saturated heterocycles. The van der Waals surface area contributed by atoms with Crippen LogP contribution in [0.25, 0.3) is 5.69 Å². The molecule has 1 aliphatic rings. The van der Waals surface area contributed by atoms with Crippen LogP contribution in [0.2, 0.25) is 10.0 Å². The molecule has 3 rings (SSSR count). The van der Waals surface area contributed by atoms with Crippen molar-refractivity contribution in [2.24, 2.45) is 0 Å². The van der Waals surface area contributed by atoms with Crippen LogP contribution in [0, 0.1) is 0 Å². The van der Waals surface area contributed by atoms with Crippen LogP contribution in [0.4, 0.5) is 0 Å². The first-order valence-electron chi connectivity index (χ1n) is 6.21. The average molecular weight is 312 g/mol. The van der Waals surface area contributed by atoms with E-state index < -0.39 is 5.97 Å². The molecule has 1 heterocycles. The van der Waals surface area contributed by atoms with Gasteiger partial charge < -0.3 is 5.11 Å². The van der Waals surface area contributed by atoms with E-state index >= 15 is 0 Å². The molecular formula is C13H11Cl2N3O2. The van der Waals surface area contributed by atoms with Gasteiger partial charge >= 0.3 is 5.97 Å². The van der Waals surface area contributed by atoms with Crippen LogP contribution in [-0.2, 0) is 0 Å².